The number of rotatable bonds is 7. The van der Waals surface area contributed by atoms with Gasteiger partial charge in [-0.25, -0.2) is 0 Å². The number of epoxide rings is 1. The van der Waals surface area contributed by atoms with Crippen molar-refractivity contribution in [3.63, 3.8) is 0 Å². The van der Waals surface area contributed by atoms with Crippen LogP contribution in [-0.2, 0) is 19.1 Å². The highest BCUT2D eigenvalue weighted by atomic mass is 16.6. The Hall–Kier alpha value is -1.02. The Morgan fingerprint density at radius 3 is 2.33 bits per heavy atom. The van der Waals surface area contributed by atoms with E-state index in [0.29, 0.717) is 25.0 Å². The van der Waals surface area contributed by atoms with Gasteiger partial charge in [-0.2, -0.15) is 0 Å². The molecule has 1 aliphatic heterocycles. The number of esters is 1. The van der Waals surface area contributed by atoms with E-state index in [4.69, 9.17) is 9.47 Å². The third-order valence-electron chi connectivity index (χ3n) is 12.5. The van der Waals surface area contributed by atoms with E-state index in [1.165, 1.54) is 20.8 Å². The van der Waals surface area contributed by atoms with Crippen LogP contribution in [0.3, 0.4) is 0 Å². The summed E-state index contributed by atoms with van der Waals surface area (Å²) in [7, 11) is 0. The van der Waals surface area contributed by atoms with Gasteiger partial charge in [0, 0.05) is 25.2 Å². The smallest absolute Gasteiger partial charge is 0.303 e. The van der Waals surface area contributed by atoms with Crippen molar-refractivity contribution < 1.29 is 34.4 Å². The minimum absolute atomic E-state index is 0.0833. The van der Waals surface area contributed by atoms with E-state index in [9.17, 15) is 24.9 Å². The van der Waals surface area contributed by atoms with Gasteiger partial charge in [-0.05, 0) is 80.5 Å². The first-order valence-corrected chi connectivity index (χ1v) is 15.2. The van der Waals surface area contributed by atoms with Crippen LogP contribution in [0.5, 0.6) is 0 Å². The first-order chi connectivity index (χ1) is 17.7. The number of aliphatic hydroxyl groups is 3. The minimum Gasteiger partial charge on any atom is -0.457 e. The molecule has 0 aromatic heterocycles. The number of aliphatic hydroxyl groups excluding tert-OH is 2. The Bertz CT molecular complexity index is 985. The fourth-order valence-electron chi connectivity index (χ4n) is 10.6. The number of carbonyl (C=O) groups excluding carboxylic acids is 2. The normalized spacial score (nSPS) is 45.6. The van der Waals surface area contributed by atoms with Crippen molar-refractivity contribution in [3.05, 3.63) is 0 Å². The highest BCUT2D eigenvalue weighted by molar-refractivity contribution is 5.85. The summed E-state index contributed by atoms with van der Waals surface area (Å²) in [4.78, 5) is 24.6. The number of fused-ring (bicyclic) bond motifs is 3. The number of ketones is 1. The van der Waals surface area contributed by atoms with Gasteiger partial charge in [0.15, 0.2) is 6.10 Å². The fourth-order valence-corrected chi connectivity index (χ4v) is 10.6. The monoisotopic (exact) mass is 550 g/mol. The summed E-state index contributed by atoms with van der Waals surface area (Å²) in [6.45, 7) is 19.7. The van der Waals surface area contributed by atoms with Gasteiger partial charge in [0.25, 0.3) is 0 Å². The second-order valence-electron chi connectivity index (χ2n) is 15.3. The highest BCUT2D eigenvalue weighted by Gasteiger charge is 2.80. The molecule has 0 unspecified atom stereocenters. The summed E-state index contributed by atoms with van der Waals surface area (Å²) in [5, 5.41) is 33.8. The van der Waals surface area contributed by atoms with Crippen LogP contribution >= 0.6 is 0 Å². The molecule has 7 heteroatoms. The lowest BCUT2D eigenvalue weighted by atomic mass is 9.37. The molecular formula is C32H54O7. The van der Waals surface area contributed by atoms with Crippen LogP contribution in [0, 0.1) is 39.9 Å². The first-order valence-electron chi connectivity index (χ1n) is 15.2. The van der Waals surface area contributed by atoms with E-state index in [2.05, 4.69) is 48.5 Å². The van der Waals surface area contributed by atoms with Crippen molar-refractivity contribution in [3.8, 4) is 0 Å². The molecule has 7 nitrogen and oxygen atoms in total. The average molecular weight is 551 g/mol. The van der Waals surface area contributed by atoms with Crippen LogP contribution in [0.25, 0.3) is 0 Å². The molecule has 3 saturated carbocycles. The Morgan fingerprint density at radius 1 is 1.18 bits per heavy atom. The fraction of sp³-hybridized carbons (Fsp3) is 0.938. The topological polar surface area (TPSA) is 117 Å². The van der Waals surface area contributed by atoms with E-state index in [1.54, 1.807) is 0 Å². The molecule has 4 aliphatic rings. The Kier molecular flexibility index (Phi) is 7.54. The predicted octanol–water partition coefficient (Wildman–Crippen LogP) is 4.82. The first kappa shape index (κ1) is 30.9. The van der Waals surface area contributed by atoms with E-state index >= 15 is 0 Å². The van der Waals surface area contributed by atoms with Crippen LogP contribution < -0.4 is 0 Å². The molecule has 1 heterocycles. The predicted molar refractivity (Wildman–Crippen MR) is 149 cm³/mol. The van der Waals surface area contributed by atoms with E-state index < -0.39 is 41.1 Å². The second kappa shape index (κ2) is 9.50. The number of ether oxygens (including phenoxy) is 2. The SMILES string of the molecule is CC[C@@]1([C@H](C)C[C@H](O)[C@@H](OC(C)=O)C(C)(C)O)O[C@@]12C[C@H](O)[C@@H]1[C@](C)(CC[C@H]3C(C)(C)C(=O)CC[C@]13C)[C@@H]2C. The van der Waals surface area contributed by atoms with Crippen LogP contribution in [-0.4, -0.2) is 62.2 Å². The average Bonchev–Trinajstić information content (AvgIpc) is 3.46. The molecule has 11 atom stereocenters. The van der Waals surface area contributed by atoms with E-state index in [0.717, 1.165) is 25.7 Å². The summed E-state index contributed by atoms with van der Waals surface area (Å²) in [5.41, 5.74) is -3.08. The van der Waals surface area contributed by atoms with Crippen molar-refractivity contribution in [2.24, 2.45) is 39.9 Å². The Morgan fingerprint density at radius 2 is 1.79 bits per heavy atom. The summed E-state index contributed by atoms with van der Waals surface area (Å²) in [6.07, 6.45) is 2.25. The second-order valence-corrected chi connectivity index (χ2v) is 15.3. The standard InChI is InChI=1S/C32H54O7/c1-11-31(18(2)16-21(34)26(28(7,8)37)38-20(4)33)32(39-31)17-22(35)25-29(9,19(32)3)14-12-23-27(5,6)24(36)13-15-30(23,25)10/h18-19,21-23,25-26,34-35,37H,11-17H2,1-10H3/t18-,19+,21+,22+,23+,25-,26-,29-,30+,31+,32-/m1/s1. The van der Waals surface area contributed by atoms with Gasteiger partial charge in [0.05, 0.1) is 17.8 Å². The number of hydrogen-bond acceptors (Lipinski definition) is 7. The lowest BCUT2D eigenvalue weighted by Crippen LogP contribution is -2.66. The number of Topliss-reactive ketones (excluding diaryl/α,β-unsaturated/α-hetero) is 1. The molecule has 4 rings (SSSR count). The molecular weight excluding hydrogens is 496 g/mol. The Labute approximate surface area is 235 Å². The van der Waals surface area contributed by atoms with Gasteiger partial charge in [-0.3, -0.25) is 9.59 Å². The molecule has 3 aliphatic carbocycles. The molecule has 0 radical (unpaired) electrons. The molecule has 0 amide bonds. The minimum atomic E-state index is -1.40. The zero-order valence-corrected chi connectivity index (χ0v) is 26.0. The molecule has 0 aromatic carbocycles. The van der Waals surface area contributed by atoms with Crippen molar-refractivity contribution >= 4 is 11.8 Å². The van der Waals surface area contributed by atoms with Crippen molar-refractivity contribution in [2.45, 2.75) is 149 Å². The maximum atomic E-state index is 12.9. The molecule has 1 spiro atoms. The van der Waals surface area contributed by atoms with Gasteiger partial charge in [0.1, 0.15) is 17.0 Å². The van der Waals surface area contributed by atoms with Crippen LogP contribution in [0.2, 0.25) is 0 Å². The van der Waals surface area contributed by atoms with Crippen molar-refractivity contribution in [1.29, 1.82) is 0 Å². The molecule has 4 fully saturated rings. The van der Waals surface area contributed by atoms with Crippen LogP contribution in [0.4, 0.5) is 0 Å². The lowest BCUT2D eigenvalue weighted by molar-refractivity contribution is -0.213. The van der Waals surface area contributed by atoms with E-state index in [1.807, 2.05) is 0 Å². The number of carbonyl (C=O) groups is 2. The third-order valence-corrected chi connectivity index (χ3v) is 12.5. The van der Waals surface area contributed by atoms with Crippen molar-refractivity contribution in [1.82, 2.24) is 0 Å². The van der Waals surface area contributed by atoms with Gasteiger partial charge in [0.2, 0.25) is 0 Å². The summed E-state index contributed by atoms with van der Waals surface area (Å²) < 4.78 is 12.2. The van der Waals surface area contributed by atoms with Crippen LogP contribution in [0.1, 0.15) is 114 Å². The summed E-state index contributed by atoms with van der Waals surface area (Å²) in [6, 6.07) is 0. The van der Waals surface area contributed by atoms with Gasteiger partial charge >= 0.3 is 5.97 Å². The quantitative estimate of drug-likeness (QED) is 0.307. The lowest BCUT2D eigenvalue weighted by Gasteiger charge is -2.67. The zero-order chi connectivity index (χ0) is 29.6. The highest BCUT2D eigenvalue weighted by Crippen LogP contribution is 2.75. The maximum absolute atomic E-state index is 12.9. The van der Waals surface area contributed by atoms with Gasteiger partial charge in [-0.1, -0.05) is 48.5 Å². The third kappa shape index (κ3) is 4.35. The molecule has 39 heavy (non-hydrogen) atoms. The van der Waals surface area contributed by atoms with Gasteiger partial charge in [-0.15, -0.1) is 0 Å². The van der Waals surface area contributed by atoms with E-state index in [-0.39, 0.29) is 39.9 Å². The van der Waals surface area contributed by atoms with Crippen LogP contribution in [0.15, 0.2) is 0 Å². The molecule has 0 bridgehead atoms. The molecule has 1 saturated heterocycles. The zero-order valence-electron chi connectivity index (χ0n) is 26.0. The summed E-state index contributed by atoms with van der Waals surface area (Å²) in [5.74, 6) is 0.230. The maximum Gasteiger partial charge on any atom is 0.303 e. The number of hydrogen-bond donors (Lipinski definition) is 3. The largest absolute Gasteiger partial charge is 0.457 e. The Balaban J connectivity index is 1.62. The molecule has 224 valence electrons. The molecule has 3 N–H and O–H groups in total. The summed E-state index contributed by atoms with van der Waals surface area (Å²) >= 11 is 0. The molecule has 0 aromatic rings. The van der Waals surface area contributed by atoms with Crippen molar-refractivity contribution in [2.75, 3.05) is 0 Å². The van der Waals surface area contributed by atoms with Gasteiger partial charge < -0.3 is 24.8 Å².